The second-order valence-electron chi connectivity index (χ2n) is 8.81. The van der Waals surface area contributed by atoms with Crippen molar-refractivity contribution in [1.29, 1.82) is 5.41 Å². The SMILES string of the molecule is CC1Cc2c(C(F)F)nn(CC(=O)NCc3nc(C=N)c(N)cc3-c3ccc4scnc4c3)c2C1(F)F. The van der Waals surface area contributed by atoms with Crippen LogP contribution in [0.4, 0.5) is 23.2 Å². The van der Waals surface area contributed by atoms with Crippen LogP contribution in [0.5, 0.6) is 0 Å². The van der Waals surface area contributed by atoms with Crippen molar-refractivity contribution in [1.82, 2.24) is 25.1 Å². The fraction of sp³-hybridized carbons (Fsp3) is 0.292. The Kier molecular flexibility index (Phi) is 6.18. The molecule has 3 aromatic heterocycles. The van der Waals surface area contributed by atoms with E-state index in [4.69, 9.17) is 11.1 Å². The summed E-state index contributed by atoms with van der Waals surface area (Å²) < 4.78 is 58.0. The molecule has 0 aliphatic heterocycles. The first kappa shape index (κ1) is 24.8. The summed E-state index contributed by atoms with van der Waals surface area (Å²) in [7, 11) is 0. The van der Waals surface area contributed by atoms with Crippen molar-refractivity contribution in [3.8, 4) is 11.1 Å². The number of benzene rings is 1. The van der Waals surface area contributed by atoms with Crippen LogP contribution < -0.4 is 11.1 Å². The van der Waals surface area contributed by atoms with Crippen LogP contribution in [-0.4, -0.2) is 31.9 Å². The van der Waals surface area contributed by atoms with Gasteiger partial charge in [0.05, 0.1) is 33.7 Å². The molecule has 1 aliphatic carbocycles. The number of nitrogens with one attached hydrogen (secondary N) is 2. The van der Waals surface area contributed by atoms with Crippen molar-refractivity contribution >= 4 is 39.4 Å². The summed E-state index contributed by atoms with van der Waals surface area (Å²) >= 11 is 1.48. The molecule has 4 aromatic rings. The Morgan fingerprint density at radius 2 is 2.16 bits per heavy atom. The number of thiazole rings is 1. The number of nitrogens with two attached hydrogens (primary N) is 1. The maximum Gasteiger partial charge on any atom is 0.292 e. The number of hydrogen-bond acceptors (Lipinski definition) is 7. The molecule has 0 spiro atoms. The average molecular weight is 532 g/mol. The van der Waals surface area contributed by atoms with Crippen molar-refractivity contribution in [2.75, 3.05) is 5.73 Å². The molecule has 192 valence electrons. The van der Waals surface area contributed by atoms with Crippen LogP contribution >= 0.6 is 11.3 Å². The number of anilines is 1. The first-order valence-corrected chi connectivity index (χ1v) is 12.1. The molecule has 37 heavy (non-hydrogen) atoms. The van der Waals surface area contributed by atoms with Crippen molar-refractivity contribution in [3.05, 3.63) is 58.1 Å². The van der Waals surface area contributed by atoms with Gasteiger partial charge in [-0.25, -0.2) is 18.7 Å². The summed E-state index contributed by atoms with van der Waals surface area (Å²) in [5.74, 6) is -5.27. The molecule has 5 rings (SSSR count). The molecule has 13 heteroatoms. The minimum atomic E-state index is -3.38. The lowest BCUT2D eigenvalue weighted by molar-refractivity contribution is -0.122. The highest BCUT2D eigenvalue weighted by Gasteiger charge is 2.51. The van der Waals surface area contributed by atoms with Crippen LogP contribution in [0.3, 0.4) is 0 Å². The highest BCUT2D eigenvalue weighted by atomic mass is 32.1. The Labute approximate surface area is 212 Å². The zero-order chi connectivity index (χ0) is 26.5. The summed E-state index contributed by atoms with van der Waals surface area (Å²) in [6.07, 6.45) is -2.29. The van der Waals surface area contributed by atoms with Gasteiger partial charge in [0, 0.05) is 23.3 Å². The molecule has 0 saturated carbocycles. The quantitative estimate of drug-likeness (QED) is 0.236. The second kappa shape index (κ2) is 9.21. The summed E-state index contributed by atoms with van der Waals surface area (Å²) in [5, 5.41) is 13.8. The fourth-order valence-corrected chi connectivity index (χ4v) is 5.19. The Hall–Kier alpha value is -3.87. The topological polar surface area (TPSA) is 123 Å². The van der Waals surface area contributed by atoms with Gasteiger partial charge in [-0.05, 0) is 30.2 Å². The lowest BCUT2D eigenvalue weighted by atomic mass is 10.0. The lowest BCUT2D eigenvalue weighted by Crippen LogP contribution is -2.31. The Morgan fingerprint density at radius 3 is 2.89 bits per heavy atom. The third kappa shape index (κ3) is 4.32. The first-order chi connectivity index (χ1) is 17.6. The maximum absolute atomic E-state index is 14.7. The van der Waals surface area contributed by atoms with Gasteiger partial charge in [-0.2, -0.15) is 13.9 Å². The van der Waals surface area contributed by atoms with Crippen LogP contribution in [0.1, 0.15) is 41.7 Å². The van der Waals surface area contributed by atoms with Gasteiger partial charge in [-0.3, -0.25) is 9.48 Å². The van der Waals surface area contributed by atoms with E-state index < -0.39 is 42.1 Å². The summed E-state index contributed by atoms with van der Waals surface area (Å²) in [6.45, 7) is 0.490. The van der Waals surface area contributed by atoms with Crippen LogP contribution in [0.15, 0.2) is 29.8 Å². The fourth-order valence-electron chi connectivity index (χ4n) is 4.53. The molecule has 4 N–H and O–H groups in total. The monoisotopic (exact) mass is 531 g/mol. The van der Waals surface area contributed by atoms with Gasteiger partial charge in [0.1, 0.15) is 23.6 Å². The van der Waals surface area contributed by atoms with E-state index in [1.807, 2.05) is 18.2 Å². The van der Waals surface area contributed by atoms with Crippen molar-refractivity contribution in [2.45, 2.75) is 38.8 Å². The highest BCUT2D eigenvalue weighted by molar-refractivity contribution is 7.16. The number of fused-ring (bicyclic) bond motifs is 2. The number of aromatic nitrogens is 4. The van der Waals surface area contributed by atoms with E-state index in [0.29, 0.717) is 15.9 Å². The third-order valence-electron chi connectivity index (χ3n) is 6.42. The molecule has 0 bridgehead atoms. The second-order valence-corrected chi connectivity index (χ2v) is 9.70. The first-order valence-electron chi connectivity index (χ1n) is 11.3. The maximum atomic E-state index is 14.7. The van der Waals surface area contributed by atoms with Gasteiger partial charge in [0.25, 0.3) is 12.3 Å². The number of nitrogens with zero attached hydrogens (tertiary/aromatic N) is 4. The standard InChI is InChI=1S/C24H21F4N7OS/c1-11-4-14-21(23(25)26)34-35(22(14)24(11,27)28)9-20(36)31-8-18-13(6-15(30)17(7-29)33-18)12-2-3-19-16(5-12)32-10-37-19/h2-3,5-7,10-11,23,29H,4,8-9,30H2,1H3,(H,31,36). The van der Waals surface area contributed by atoms with Crippen LogP contribution in [0.25, 0.3) is 21.3 Å². The smallest absolute Gasteiger partial charge is 0.292 e. The summed E-state index contributed by atoms with van der Waals surface area (Å²) in [5.41, 5.74) is 9.15. The Morgan fingerprint density at radius 1 is 1.38 bits per heavy atom. The summed E-state index contributed by atoms with van der Waals surface area (Å²) in [4.78, 5) is 21.5. The zero-order valence-electron chi connectivity index (χ0n) is 19.4. The van der Waals surface area contributed by atoms with Crippen molar-refractivity contribution < 1.29 is 22.4 Å². The molecule has 0 fully saturated rings. The predicted molar refractivity (Wildman–Crippen MR) is 131 cm³/mol. The number of pyridine rings is 1. The van der Waals surface area contributed by atoms with Crippen molar-refractivity contribution in [3.63, 3.8) is 0 Å². The molecule has 1 aromatic carbocycles. The van der Waals surface area contributed by atoms with Gasteiger partial charge in [-0.1, -0.05) is 13.0 Å². The van der Waals surface area contributed by atoms with E-state index in [2.05, 4.69) is 20.4 Å². The number of halogens is 4. The normalized spacial score (nSPS) is 16.3. The molecule has 3 heterocycles. The number of carbonyl (C=O) groups excluding carboxylic acids is 1. The Bertz CT molecular complexity index is 1530. The minimum Gasteiger partial charge on any atom is -0.397 e. The summed E-state index contributed by atoms with van der Waals surface area (Å²) in [6, 6.07) is 7.24. The molecule has 1 unspecified atom stereocenters. The van der Waals surface area contributed by atoms with Gasteiger partial charge >= 0.3 is 0 Å². The Balaban J connectivity index is 1.42. The number of amides is 1. The predicted octanol–water partition coefficient (Wildman–Crippen LogP) is 4.67. The van der Waals surface area contributed by atoms with Crippen LogP contribution in [0, 0.1) is 11.3 Å². The van der Waals surface area contributed by atoms with Crippen LogP contribution in [-0.2, 0) is 30.2 Å². The van der Waals surface area contributed by atoms with Crippen molar-refractivity contribution in [2.24, 2.45) is 5.92 Å². The lowest BCUT2D eigenvalue weighted by Gasteiger charge is -2.18. The van der Waals surface area contributed by atoms with Gasteiger partial charge in [0.2, 0.25) is 5.91 Å². The minimum absolute atomic E-state index is 0.123. The third-order valence-corrected chi connectivity index (χ3v) is 7.23. The largest absolute Gasteiger partial charge is 0.397 e. The number of rotatable bonds is 7. The molecular formula is C24H21F4N7OS. The molecular weight excluding hydrogens is 510 g/mol. The molecule has 1 amide bonds. The van der Waals surface area contributed by atoms with E-state index in [-0.39, 0.29) is 29.9 Å². The van der Waals surface area contributed by atoms with E-state index in [9.17, 15) is 22.4 Å². The van der Waals surface area contributed by atoms with Gasteiger partial charge < -0.3 is 16.5 Å². The van der Waals surface area contributed by atoms with E-state index in [1.165, 1.54) is 18.3 Å². The van der Waals surface area contributed by atoms with Gasteiger partial charge in [0.15, 0.2) is 0 Å². The zero-order valence-corrected chi connectivity index (χ0v) is 20.3. The van der Waals surface area contributed by atoms with Gasteiger partial charge in [-0.15, -0.1) is 11.3 Å². The van der Waals surface area contributed by atoms with E-state index in [0.717, 1.165) is 22.0 Å². The molecule has 8 nitrogen and oxygen atoms in total. The number of alkyl halides is 4. The number of nitrogen functional groups attached to an aromatic ring is 1. The molecule has 0 saturated heterocycles. The molecule has 1 aliphatic rings. The van der Waals surface area contributed by atoms with E-state index in [1.54, 1.807) is 11.6 Å². The highest BCUT2D eigenvalue weighted by Crippen LogP contribution is 2.48. The molecule has 1 atom stereocenters. The number of hydrogen-bond donors (Lipinski definition) is 3. The van der Waals surface area contributed by atoms with E-state index >= 15 is 0 Å². The van der Waals surface area contributed by atoms with Crippen LogP contribution in [0.2, 0.25) is 0 Å². The molecule has 0 radical (unpaired) electrons. The average Bonchev–Trinajstić information content (AvgIpc) is 3.52. The number of carbonyl (C=O) groups is 1.